The fraction of sp³-hybridized carbons (Fsp3) is 0.556. The lowest BCUT2D eigenvalue weighted by Gasteiger charge is -2.41. The van der Waals surface area contributed by atoms with Crippen LogP contribution in [0.15, 0.2) is 30.3 Å². The van der Waals surface area contributed by atoms with Gasteiger partial charge in [0.2, 0.25) is 0 Å². The highest BCUT2D eigenvalue weighted by molar-refractivity contribution is 5.85. The molecule has 0 aliphatic heterocycles. The standard InChI is InChI=1S/C18H28N2O4/c1-17(2,3)18(15(21)22,11-7-8-12-19)20-16(23)24-13-14-9-5-4-6-10-14/h4-6,9-10H,7-8,11-13,19H2,1-3H3,(H,20,23)(H,21,22)/t18-/m0/s1. The number of hydrogen-bond acceptors (Lipinski definition) is 4. The minimum atomic E-state index is -1.41. The highest BCUT2D eigenvalue weighted by Gasteiger charge is 2.49. The predicted octanol–water partition coefficient (Wildman–Crippen LogP) is 2.91. The van der Waals surface area contributed by atoms with Gasteiger partial charge in [0, 0.05) is 0 Å². The Morgan fingerprint density at radius 1 is 1.17 bits per heavy atom. The number of amides is 1. The van der Waals surface area contributed by atoms with Crippen LogP contribution in [0.5, 0.6) is 0 Å². The molecular weight excluding hydrogens is 308 g/mol. The zero-order chi connectivity index (χ0) is 18.2. The Bertz CT molecular complexity index is 540. The van der Waals surface area contributed by atoms with Crippen LogP contribution in [0.2, 0.25) is 0 Å². The molecule has 1 aromatic rings. The van der Waals surface area contributed by atoms with E-state index in [-0.39, 0.29) is 6.61 Å². The lowest BCUT2D eigenvalue weighted by molar-refractivity contribution is -0.150. The van der Waals surface area contributed by atoms with Crippen molar-refractivity contribution in [2.24, 2.45) is 11.1 Å². The number of carbonyl (C=O) groups is 2. The van der Waals surface area contributed by atoms with Crippen molar-refractivity contribution < 1.29 is 19.4 Å². The molecule has 0 fully saturated rings. The fourth-order valence-corrected chi connectivity index (χ4v) is 2.57. The number of carbonyl (C=O) groups excluding carboxylic acids is 1. The van der Waals surface area contributed by atoms with E-state index < -0.39 is 23.0 Å². The average molecular weight is 336 g/mol. The maximum atomic E-state index is 12.2. The SMILES string of the molecule is CC(C)(C)[C@@](CCCCN)(NC(=O)OCc1ccccc1)C(=O)O. The van der Waals surface area contributed by atoms with E-state index in [4.69, 9.17) is 10.5 Å². The number of carboxylic acids is 1. The predicted molar refractivity (Wildman–Crippen MR) is 92.5 cm³/mol. The lowest BCUT2D eigenvalue weighted by atomic mass is 9.70. The third-order valence-electron chi connectivity index (χ3n) is 4.18. The van der Waals surface area contributed by atoms with Crippen LogP contribution in [0.4, 0.5) is 4.79 Å². The third kappa shape index (κ3) is 5.23. The number of unbranched alkanes of at least 4 members (excludes halogenated alkanes) is 1. The van der Waals surface area contributed by atoms with Crippen molar-refractivity contribution >= 4 is 12.1 Å². The maximum absolute atomic E-state index is 12.2. The molecule has 0 saturated heterocycles. The Labute approximate surface area is 143 Å². The number of carboxylic acid groups (broad SMARTS) is 1. The number of hydrogen-bond donors (Lipinski definition) is 3. The molecule has 6 heteroatoms. The molecule has 0 unspecified atom stereocenters. The van der Waals surface area contributed by atoms with Gasteiger partial charge in [-0.3, -0.25) is 0 Å². The van der Waals surface area contributed by atoms with Gasteiger partial charge in [0.1, 0.15) is 12.1 Å². The third-order valence-corrected chi connectivity index (χ3v) is 4.18. The highest BCUT2D eigenvalue weighted by Crippen LogP contribution is 2.35. The summed E-state index contributed by atoms with van der Waals surface area (Å²) >= 11 is 0. The molecule has 1 atom stereocenters. The van der Waals surface area contributed by atoms with Gasteiger partial charge in [-0.15, -0.1) is 0 Å². The van der Waals surface area contributed by atoms with E-state index in [9.17, 15) is 14.7 Å². The van der Waals surface area contributed by atoms with Crippen molar-refractivity contribution in [3.63, 3.8) is 0 Å². The van der Waals surface area contributed by atoms with Gasteiger partial charge in [-0.1, -0.05) is 51.1 Å². The van der Waals surface area contributed by atoms with Crippen molar-refractivity contribution in [2.75, 3.05) is 6.54 Å². The number of aliphatic carboxylic acids is 1. The minimum Gasteiger partial charge on any atom is -0.479 e. The van der Waals surface area contributed by atoms with Gasteiger partial charge in [-0.05, 0) is 36.8 Å². The number of benzene rings is 1. The van der Waals surface area contributed by atoms with Gasteiger partial charge < -0.3 is 20.9 Å². The van der Waals surface area contributed by atoms with E-state index in [1.54, 1.807) is 20.8 Å². The molecule has 0 aliphatic carbocycles. The van der Waals surface area contributed by atoms with Crippen LogP contribution in [0.1, 0.15) is 45.6 Å². The van der Waals surface area contributed by atoms with Crippen molar-refractivity contribution in [3.05, 3.63) is 35.9 Å². The van der Waals surface area contributed by atoms with Gasteiger partial charge in [0.25, 0.3) is 0 Å². The van der Waals surface area contributed by atoms with Gasteiger partial charge in [-0.2, -0.15) is 0 Å². The second kappa shape index (κ2) is 8.68. The van der Waals surface area contributed by atoms with Crippen molar-refractivity contribution in [2.45, 2.75) is 52.2 Å². The molecule has 0 heterocycles. The summed E-state index contributed by atoms with van der Waals surface area (Å²) in [4.78, 5) is 24.2. The van der Waals surface area contributed by atoms with E-state index in [0.717, 1.165) is 5.56 Å². The molecule has 134 valence electrons. The minimum absolute atomic E-state index is 0.0926. The largest absolute Gasteiger partial charge is 0.479 e. The molecule has 0 aliphatic rings. The van der Waals surface area contributed by atoms with Gasteiger partial charge in [0.05, 0.1) is 0 Å². The van der Waals surface area contributed by atoms with Gasteiger partial charge in [0.15, 0.2) is 0 Å². The summed E-state index contributed by atoms with van der Waals surface area (Å²) < 4.78 is 5.20. The lowest BCUT2D eigenvalue weighted by Crippen LogP contribution is -2.62. The van der Waals surface area contributed by atoms with Crippen LogP contribution in [0.25, 0.3) is 0 Å². The molecule has 24 heavy (non-hydrogen) atoms. The molecule has 4 N–H and O–H groups in total. The quantitative estimate of drug-likeness (QED) is 0.634. The molecular formula is C18H28N2O4. The summed E-state index contributed by atoms with van der Waals surface area (Å²) in [5.74, 6) is -1.07. The van der Waals surface area contributed by atoms with Crippen molar-refractivity contribution in [1.29, 1.82) is 0 Å². The first-order valence-corrected chi connectivity index (χ1v) is 8.15. The summed E-state index contributed by atoms with van der Waals surface area (Å²) in [6.07, 6.45) is 0.873. The highest BCUT2D eigenvalue weighted by atomic mass is 16.5. The first kappa shape index (κ1) is 20.0. The van der Waals surface area contributed by atoms with Crippen LogP contribution >= 0.6 is 0 Å². The zero-order valence-electron chi connectivity index (χ0n) is 14.7. The Morgan fingerprint density at radius 3 is 2.29 bits per heavy atom. The summed E-state index contributed by atoms with van der Waals surface area (Å²) in [6.45, 7) is 5.96. The molecule has 6 nitrogen and oxygen atoms in total. The first-order valence-electron chi connectivity index (χ1n) is 8.15. The number of ether oxygens (including phenoxy) is 1. The molecule has 1 aromatic carbocycles. The molecule has 0 aromatic heterocycles. The second-order valence-electron chi connectivity index (χ2n) is 6.89. The van der Waals surface area contributed by atoms with Gasteiger partial charge >= 0.3 is 12.1 Å². The average Bonchev–Trinajstić information content (AvgIpc) is 2.51. The normalized spacial score (nSPS) is 13.8. The summed E-state index contributed by atoms with van der Waals surface area (Å²) in [5.41, 5.74) is 4.25. The number of nitrogens with two attached hydrogens (primary N) is 1. The summed E-state index contributed by atoms with van der Waals surface area (Å²) in [6, 6.07) is 9.24. The van der Waals surface area contributed by atoms with E-state index >= 15 is 0 Å². The molecule has 1 amide bonds. The Hall–Kier alpha value is -2.08. The van der Waals surface area contributed by atoms with E-state index in [0.29, 0.717) is 25.8 Å². The second-order valence-corrected chi connectivity index (χ2v) is 6.89. The molecule has 0 spiro atoms. The Kier molecular flexibility index (Phi) is 7.22. The fourth-order valence-electron chi connectivity index (χ4n) is 2.57. The van der Waals surface area contributed by atoms with E-state index in [1.807, 2.05) is 30.3 Å². The molecule has 0 radical (unpaired) electrons. The first-order chi connectivity index (χ1) is 11.2. The number of nitrogens with one attached hydrogen (secondary N) is 1. The van der Waals surface area contributed by atoms with Crippen LogP contribution in [-0.2, 0) is 16.1 Å². The Balaban J connectivity index is 2.82. The van der Waals surface area contributed by atoms with E-state index in [2.05, 4.69) is 5.32 Å². The number of alkyl carbamates (subject to hydrolysis) is 1. The van der Waals surface area contributed by atoms with Crippen LogP contribution < -0.4 is 11.1 Å². The smallest absolute Gasteiger partial charge is 0.408 e. The molecule has 1 rings (SSSR count). The van der Waals surface area contributed by atoms with Crippen molar-refractivity contribution in [3.8, 4) is 0 Å². The number of rotatable bonds is 8. The topological polar surface area (TPSA) is 102 Å². The van der Waals surface area contributed by atoms with Crippen LogP contribution in [0, 0.1) is 5.41 Å². The Morgan fingerprint density at radius 2 is 1.79 bits per heavy atom. The molecule has 0 bridgehead atoms. The maximum Gasteiger partial charge on any atom is 0.408 e. The summed E-state index contributed by atoms with van der Waals surface area (Å²) in [5, 5.41) is 12.4. The zero-order valence-corrected chi connectivity index (χ0v) is 14.7. The molecule has 0 saturated carbocycles. The van der Waals surface area contributed by atoms with Crippen LogP contribution in [-0.4, -0.2) is 29.3 Å². The van der Waals surface area contributed by atoms with E-state index in [1.165, 1.54) is 0 Å². The summed E-state index contributed by atoms with van der Waals surface area (Å²) in [7, 11) is 0. The van der Waals surface area contributed by atoms with Gasteiger partial charge in [-0.25, -0.2) is 9.59 Å². The monoisotopic (exact) mass is 336 g/mol. The van der Waals surface area contributed by atoms with Crippen molar-refractivity contribution in [1.82, 2.24) is 5.32 Å². The van der Waals surface area contributed by atoms with Crippen LogP contribution in [0.3, 0.4) is 0 Å².